The zero-order valence-corrected chi connectivity index (χ0v) is 11.1. The largest absolute Gasteiger partial charge is 0.467 e. The van der Waals surface area contributed by atoms with Crippen molar-refractivity contribution in [2.75, 3.05) is 13.7 Å². The first kappa shape index (κ1) is 16.7. The van der Waals surface area contributed by atoms with Gasteiger partial charge in [-0.1, -0.05) is 6.42 Å². The van der Waals surface area contributed by atoms with Gasteiger partial charge in [0.2, 0.25) is 5.91 Å². The van der Waals surface area contributed by atoms with Gasteiger partial charge in [0.1, 0.15) is 0 Å². The molecule has 0 spiro atoms. The second-order valence-electron chi connectivity index (χ2n) is 4.89. The zero-order valence-electron chi connectivity index (χ0n) is 11.1. The summed E-state index contributed by atoms with van der Waals surface area (Å²) < 4.78 is 42.1. The Morgan fingerprint density at radius 2 is 2.05 bits per heavy atom. The quantitative estimate of drug-likeness (QED) is 0.759. The number of amides is 1. The summed E-state index contributed by atoms with van der Waals surface area (Å²) >= 11 is 0. The molecule has 8 heteroatoms. The van der Waals surface area contributed by atoms with E-state index in [-0.39, 0.29) is 19.4 Å². The Labute approximate surface area is 114 Å². The normalized spacial score (nSPS) is 24.9. The van der Waals surface area contributed by atoms with Crippen LogP contribution in [0.15, 0.2) is 0 Å². The lowest BCUT2D eigenvalue weighted by Crippen LogP contribution is -2.42. The van der Waals surface area contributed by atoms with Crippen LogP contribution < -0.4 is 5.32 Å². The van der Waals surface area contributed by atoms with E-state index in [4.69, 9.17) is 0 Å². The Balaban J connectivity index is 2.45. The van der Waals surface area contributed by atoms with Gasteiger partial charge in [-0.2, -0.15) is 13.2 Å². The fraction of sp³-hybridized carbons (Fsp3) is 0.833. The van der Waals surface area contributed by atoms with Crippen molar-refractivity contribution in [2.24, 2.45) is 11.8 Å². The van der Waals surface area contributed by atoms with Crippen molar-refractivity contribution >= 4 is 11.9 Å². The Kier molecular flexibility index (Phi) is 5.79. The van der Waals surface area contributed by atoms with E-state index in [0.29, 0.717) is 12.8 Å². The first-order valence-electron chi connectivity index (χ1n) is 6.36. The average Bonchev–Trinajstić information content (AvgIpc) is 2.42. The molecule has 1 aliphatic rings. The van der Waals surface area contributed by atoms with Crippen LogP contribution in [0.2, 0.25) is 0 Å². The van der Waals surface area contributed by atoms with Crippen LogP contribution in [0.4, 0.5) is 13.2 Å². The number of hydrogen-bond acceptors (Lipinski definition) is 4. The van der Waals surface area contributed by atoms with Gasteiger partial charge >= 0.3 is 12.1 Å². The Bertz CT molecular complexity index is 359. The molecule has 0 heterocycles. The maximum absolute atomic E-state index is 12.6. The molecule has 0 aliphatic heterocycles. The number of ether oxygens (including phenoxy) is 1. The second kappa shape index (κ2) is 6.92. The minimum absolute atomic E-state index is 0.0397. The Morgan fingerprint density at radius 3 is 2.60 bits per heavy atom. The third-order valence-electron chi connectivity index (χ3n) is 3.45. The molecule has 20 heavy (non-hydrogen) atoms. The summed E-state index contributed by atoms with van der Waals surface area (Å²) in [6, 6.07) is 0. The summed E-state index contributed by atoms with van der Waals surface area (Å²) in [5, 5.41) is 11.6. The number of esters is 1. The van der Waals surface area contributed by atoms with Crippen molar-refractivity contribution in [1.82, 2.24) is 5.32 Å². The van der Waals surface area contributed by atoms with E-state index in [0.717, 1.165) is 7.11 Å². The molecule has 0 radical (unpaired) electrons. The third-order valence-corrected chi connectivity index (χ3v) is 3.45. The topological polar surface area (TPSA) is 75.6 Å². The van der Waals surface area contributed by atoms with Crippen LogP contribution in [-0.4, -0.2) is 42.9 Å². The summed E-state index contributed by atoms with van der Waals surface area (Å²) in [5.74, 6) is -3.67. The Hall–Kier alpha value is -1.31. The van der Waals surface area contributed by atoms with E-state index < -0.39 is 36.0 Å². The van der Waals surface area contributed by atoms with E-state index >= 15 is 0 Å². The van der Waals surface area contributed by atoms with E-state index in [1.165, 1.54) is 0 Å². The molecule has 5 nitrogen and oxygen atoms in total. The highest BCUT2D eigenvalue weighted by molar-refractivity contribution is 5.80. The highest BCUT2D eigenvalue weighted by Crippen LogP contribution is 2.39. The van der Waals surface area contributed by atoms with Gasteiger partial charge in [0.25, 0.3) is 0 Å². The monoisotopic (exact) mass is 297 g/mol. The highest BCUT2D eigenvalue weighted by atomic mass is 19.4. The van der Waals surface area contributed by atoms with E-state index in [9.17, 15) is 27.9 Å². The molecule has 3 unspecified atom stereocenters. The van der Waals surface area contributed by atoms with Crippen LogP contribution in [0, 0.1) is 11.8 Å². The predicted molar refractivity (Wildman–Crippen MR) is 62.5 cm³/mol. The van der Waals surface area contributed by atoms with Crippen molar-refractivity contribution in [2.45, 2.75) is 38.0 Å². The van der Waals surface area contributed by atoms with Crippen molar-refractivity contribution in [3.63, 3.8) is 0 Å². The van der Waals surface area contributed by atoms with Crippen LogP contribution in [0.1, 0.15) is 25.7 Å². The molecule has 0 aromatic carbocycles. The van der Waals surface area contributed by atoms with Crippen molar-refractivity contribution < 1.29 is 32.6 Å². The van der Waals surface area contributed by atoms with Gasteiger partial charge < -0.3 is 15.2 Å². The first-order valence-corrected chi connectivity index (χ1v) is 6.36. The van der Waals surface area contributed by atoms with Crippen molar-refractivity contribution in [3.8, 4) is 0 Å². The molecule has 0 aromatic heterocycles. The van der Waals surface area contributed by atoms with Crippen molar-refractivity contribution in [1.29, 1.82) is 0 Å². The number of nitrogens with one attached hydrogen (secondary N) is 1. The maximum Gasteiger partial charge on any atom is 0.391 e. The number of alkyl halides is 3. The lowest BCUT2D eigenvalue weighted by atomic mass is 9.80. The molecule has 1 rings (SSSR count). The highest BCUT2D eigenvalue weighted by Gasteiger charge is 2.43. The minimum atomic E-state index is -4.29. The summed E-state index contributed by atoms with van der Waals surface area (Å²) in [4.78, 5) is 22.7. The van der Waals surface area contributed by atoms with Crippen LogP contribution >= 0.6 is 0 Å². The number of methoxy groups -OCH3 is 1. The molecular formula is C12H18F3NO4. The van der Waals surface area contributed by atoms with Gasteiger partial charge in [-0.05, 0) is 19.3 Å². The standard InChI is InChI=1S/C12H18F3NO4/c1-20-11(19)9(17)6-16-10(18)7-3-2-4-8(5-7)12(13,14)15/h7-9,17H,2-6H2,1H3,(H,16,18). The lowest BCUT2D eigenvalue weighted by Gasteiger charge is -2.29. The maximum atomic E-state index is 12.6. The fourth-order valence-electron chi connectivity index (χ4n) is 2.29. The molecule has 0 saturated heterocycles. The molecule has 116 valence electrons. The average molecular weight is 297 g/mol. The summed E-state index contributed by atoms with van der Waals surface area (Å²) in [6.45, 7) is -0.362. The lowest BCUT2D eigenvalue weighted by molar-refractivity contribution is -0.186. The molecule has 1 amide bonds. The number of aliphatic hydroxyl groups is 1. The SMILES string of the molecule is COC(=O)C(O)CNC(=O)C1CCCC(C(F)(F)F)C1. The number of halogens is 3. The summed E-state index contributed by atoms with van der Waals surface area (Å²) in [5.41, 5.74) is 0. The summed E-state index contributed by atoms with van der Waals surface area (Å²) in [6.07, 6.45) is -5.29. The first-order chi connectivity index (χ1) is 9.25. The van der Waals surface area contributed by atoms with Crippen LogP contribution in [0.25, 0.3) is 0 Å². The third kappa shape index (κ3) is 4.66. The van der Waals surface area contributed by atoms with Crippen LogP contribution in [-0.2, 0) is 14.3 Å². The van der Waals surface area contributed by atoms with Gasteiger partial charge in [0.15, 0.2) is 6.10 Å². The van der Waals surface area contributed by atoms with Gasteiger partial charge in [-0.3, -0.25) is 4.79 Å². The van der Waals surface area contributed by atoms with Gasteiger partial charge in [-0.15, -0.1) is 0 Å². The van der Waals surface area contributed by atoms with Crippen LogP contribution in [0.3, 0.4) is 0 Å². The number of aliphatic hydroxyl groups excluding tert-OH is 1. The number of carbonyl (C=O) groups is 2. The van der Waals surface area contributed by atoms with E-state index in [2.05, 4.69) is 10.1 Å². The number of carbonyl (C=O) groups excluding carboxylic acids is 2. The molecule has 0 aromatic rings. The predicted octanol–water partition coefficient (Wildman–Crippen LogP) is 1.01. The molecule has 1 fully saturated rings. The fourth-order valence-corrected chi connectivity index (χ4v) is 2.29. The second-order valence-corrected chi connectivity index (χ2v) is 4.89. The van der Waals surface area contributed by atoms with Crippen LogP contribution in [0.5, 0.6) is 0 Å². The smallest absolute Gasteiger partial charge is 0.391 e. The molecule has 1 saturated carbocycles. The number of hydrogen-bond donors (Lipinski definition) is 2. The van der Waals surface area contributed by atoms with E-state index in [1.807, 2.05) is 0 Å². The molecule has 1 aliphatic carbocycles. The molecule has 2 N–H and O–H groups in total. The minimum Gasteiger partial charge on any atom is -0.467 e. The zero-order chi connectivity index (χ0) is 15.3. The van der Waals surface area contributed by atoms with Gasteiger partial charge in [0, 0.05) is 5.92 Å². The molecule has 3 atom stereocenters. The summed E-state index contributed by atoms with van der Waals surface area (Å²) in [7, 11) is 1.09. The van der Waals surface area contributed by atoms with Crippen molar-refractivity contribution in [3.05, 3.63) is 0 Å². The van der Waals surface area contributed by atoms with Gasteiger partial charge in [-0.25, -0.2) is 4.79 Å². The van der Waals surface area contributed by atoms with Gasteiger partial charge in [0.05, 0.1) is 19.6 Å². The Morgan fingerprint density at radius 1 is 1.40 bits per heavy atom. The molecule has 0 bridgehead atoms. The van der Waals surface area contributed by atoms with E-state index in [1.54, 1.807) is 0 Å². The number of rotatable bonds is 4. The molecular weight excluding hydrogens is 279 g/mol.